The van der Waals surface area contributed by atoms with Crippen molar-refractivity contribution in [3.05, 3.63) is 52.5 Å². The zero-order valence-corrected chi connectivity index (χ0v) is 17.7. The van der Waals surface area contributed by atoms with E-state index in [0.717, 1.165) is 25.0 Å². The van der Waals surface area contributed by atoms with Crippen molar-refractivity contribution in [3.63, 3.8) is 0 Å². The Morgan fingerprint density at radius 2 is 1.83 bits per heavy atom. The van der Waals surface area contributed by atoms with Gasteiger partial charge in [-0.1, -0.05) is 12.1 Å². The molecule has 0 aliphatic carbocycles. The number of ether oxygens (including phenoxy) is 1. The highest BCUT2D eigenvalue weighted by atomic mass is 79.9. The fraction of sp³-hybridized carbons (Fsp3) is 0.263. The summed E-state index contributed by atoms with van der Waals surface area (Å²) in [7, 11) is -3.76. The lowest BCUT2D eigenvalue weighted by Gasteiger charge is -2.16. The summed E-state index contributed by atoms with van der Waals surface area (Å²) in [5, 5.41) is 12.5. The van der Waals surface area contributed by atoms with Crippen LogP contribution in [0.5, 0.6) is 5.75 Å². The summed E-state index contributed by atoms with van der Waals surface area (Å²) in [5.41, 5.74) is 0.189. The van der Waals surface area contributed by atoms with E-state index in [-0.39, 0.29) is 10.5 Å². The molecule has 0 aromatic heterocycles. The number of carbonyl (C=O) groups excluding carboxylic acids is 2. The molecular formula is C19H19BrN2O6S. The summed E-state index contributed by atoms with van der Waals surface area (Å²) >= 11 is 3.29. The van der Waals surface area contributed by atoms with Gasteiger partial charge in [-0.15, -0.1) is 0 Å². The Balaban J connectivity index is 1.69. The first-order valence-electron chi connectivity index (χ1n) is 8.84. The van der Waals surface area contributed by atoms with Crippen molar-refractivity contribution < 1.29 is 27.9 Å². The summed E-state index contributed by atoms with van der Waals surface area (Å²) in [6.07, 6.45) is 1.55. The summed E-state index contributed by atoms with van der Waals surface area (Å²) in [6.45, 7) is 0.235. The van der Waals surface area contributed by atoms with Gasteiger partial charge in [-0.3, -0.25) is 4.79 Å². The van der Waals surface area contributed by atoms with E-state index in [4.69, 9.17) is 4.74 Å². The minimum Gasteiger partial charge on any atom is -0.507 e. The molecule has 1 amide bonds. The van der Waals surface area contributed by atoms with Crippen molar-refractivity contribution in [1.29, 1.82) is 0 Å². The largest absolute Gasteiger partial charge is 0.507 e. The van der Waals surface area contributed by atoms with Crippen LogP contribution in [-0.2, 0) is 19.6 Å². The van der Waals surface area contributed by atoms with E-state index < -0.39 is 34.3 Å². The molecule has 29 heavy (non-hydrogen) atoms. The van der Waals surface area contributed by atoms with Gasteiger partial charge < -0.3 is 15.2 Å². The molecule has 1 heterocycles. The summed E-state index contributed by atoms with van der Waals surface area (Å²) in [5.74, 6) is -2.00. The van der Waals surface area contributed by atoms with Gasteiger partial charge in [0.2, 0.25) is 10.0 Å². The Labute approximate surface area is 176 Å². The van der Waals surface area contributed by atoms with Gasteiger partial charge in [-0.05, 0) is 59.1 Å². The SMILES string of the molecule is O=C(COC(=O)c1cc(S(=O)(=O)N2CCCC2)ccc1O)Nc1ccccc1Br. The Kier molecular flexibility index (Phi) is 6.56. The third-order valence-corrected chi connectivity index (χ3v) is 6.96. The number of amides is 1. The number of anilines is 1. The lowest BCUT2D eigenvalue weighted by atomic mass is 10.2. The lowest BCUT2D eigenvalue weighted by molar-refractivity contribution is -0.119. The monoisotopic (exact) mass is 482 g/mol. The quantitative estimate of drug-likeness (QED) is 0.611. The minimum atomic E-state index is -3.76. The molecule has 1 saturated heterocycles. The third kappa shape index (κ3) is 4.95. The number of aromatic hydroxyl groups is 1. The number of nitrogens with zero attached hydrogens (tertiary/aromatic N) is 1. The number of rotatable bonds is 6. The van der Waals surface area contributed by atoms with Gasteiger partial charge in [-0.2, -0.15) is 4.31 Å². The van der Waals surface area contributed by atoms with Crippen LogP contribution < -0.4 is 5.32 Å². The number of nitrogens with one attached hydrogen (secondary N) is 1. The van der Waals surface area contributed by atoms with E-state index in [2.05, 4.69) is 21.2 Å². The summed E-state index contributed by atoms with van der Waals surface area (Å²) in [6, 6.07) is 10.4. The van der Waals surface area contributed by atoms with Gasteiger partial charge in [0.1, 0.15) is 11.3 Å². The van der Waals surface area contributed by atoms with Gasteiger partial charge in [0.15, 0.2) is 6.61 Å². The third-order valence-electron chi connectivity index (χ3n) is 4.37. The van der Waals surface area contributed by atoms with Gasteiger partial charge in [0.25, 0.3) is 5.91 Å². The van der Waals surface area contributed by atoms with Crippen molar-refractivity contribution in [3.8, 4) is 5.75 Å². The lowest BCUT2D eigenvalue weighted by Crippen LogP contribution is -2.28. The van der Waals surface area contributed by atoms with Crippen molar-refractivity contribution >= 4 is 43.5 Å². The highest BCUT2D eigenvalue weighted by Crippen LogP contribution is 2.26. The molecule has 2 N–H and O–H groups in total. The van der Waals surface area contributed by atoms with E-state index in [1.807, 2.05) is 0 Å². The summed E-state index contributed by atoms with van der Waals surface area (Å²) in [4.78, 5) is 24.2. The molecule has 0 unspecified atom stereocenters. The van der Waals surface area contributed by atoms with Gasteiger partial charge in [0, 0.05) is 17.6 Å². The highest BCUT2D eigenvalue weighted by Gasteiger charge is 2.28. The molecule has 10 heteroatoms. The molecule has 2 aromatic rings. The van der Waals surface area contributed by atoms with E-state index >= 15 is 0 Å². The number of para-hydroxylation sites is 1. The number of hydrogen-bond donors (Lipinski definition) is 2. The second kappa shape index (κ2) is 8.93. The normalized spacial score (nSPS) is 14.5. The number of sulfonamides is 1. The van der Waals surface area contributed by atoms with Gasteiger partial charge >= 0.3 is 5.97 Å². The van der Waals surface area contributed by atoms with Crippen molar-refractivity contribution in [1.82, 2.24) is 4.31 Å². The first kappa shape index (κ1) is 21.3. The molecule has 0 spiro atoms. The fourth-order valence-corrected chi connectivity index (χ4v) is 4.80. The number of phenolic OH excluding ortho intramolecular Hbond substituents is 1. The Morgan fingerprint density at radius 3 is 2.52 bits per heavy atom. The zero-order valence-electron chi connectivity index (χ0n) is 15.3. The van der Waals surface area contributed by atoms with Crippen molar-refractivity contribution in [2.75, 3.05) is 25.0 Å². The van der Waals surface area contributed by atoms with Crippen LogP contribution in [0.4, 0.5) is 5.69 Å². The van der Waals surface area contributed by atoms with Crippen LogP contribution in [0.3, 0.4) is 0 Å². The minimum absolute atomic E-state index is 0.109. The molecule has 154 valence electrons. The van der Waals surface area contributed by atoms with Crippen LogP contribution in [0.2, 0.25) is 0 Å². The number of esters is 1. The molecule has 8 nitrogen and oxygen atoms in total. The first-order chi connectivity index (χ1) is 13.8. The standard InChI is InChI=1S/C19H19BrN2O6S/c20-15-5-1-2-6-16(15)21-18(24)12-28-19(25)14-11-13(7-8-17(14)23)29(26,27)22-9-3-4-10-22/h1-2,5-8,11,23H,3-4,9-10,12H2,(H,21,24). The zero-order chi connectivity index (χ0) is 21.0. The average molecular weight is 483 g/mol. The van der Waals surface area contributed by atoms with Crippen LogP contribution in [0.25, 0.3) is 0 Å². The van der Waals surface area contributed by atoms with Gasteiger partial charge in [-0.25, -0.2) is 13.2 Å². The van der Waals surface area contributed by atoms with E-state index in [1.165, 1.54) is 10.4 Å². The van der Waals surface area contributed by atoms with Crippen LogP contribution in [0.1, 0.15) is 23.2 Å². The number of halogens is 1. The maximum absolute atomic E-state index is 12.6. The molecule has 0 radical (unpaired) electrons. The molecule has 0 bridgehead atoms. The topological polar surface area (TPSA) is 113 Å². The maximum atomic E-state index is 12.6. The highest BCUT2D eigenvalue weighted by molar-refractivity contribution is 9.10. The summed E-state index contributed by atoms with van der Waals surface area (Å²) < 4.78 is 32.2. The molecule has 2 aromatic carbocycles. The number of carbonyl (C=O) groups is 2. The van der Waals surface area contributed by atoms with E-state index in [1.54, 1.807) is 24.3 Å². The van der Waals surface area contributed by atoms with E-state index in [9.17, 15) is 23.1 Å². The number of phenols is 1. The second-order valence-corrected chi connectivity index (χ2v) is 9.19. The molecule has 0 atom stereocenters. The number of benzene rings is 2. The average Bonchev–Trinajstić information content (AvgIpc) is 3.24. The molecule has 3 rings (SSSR count). The van der Waals surface area contributed by atoms with Crippen molar-refractivity contribution in [2.45, 2.75) is 17.7 Å². The fourth-order valence-electron chi connectivity index (χ4n) is 2.87. The maximum Gasteiger partial charge on any atom is 0.342 e. The molecule has 0 saturated carbocycles. The van der Waals surface area contributed by atoms with Gasteiger partial charge in [0.05, 0.1) is 10.6 Å². The number of hydrogen-bond acceptors (Lipinski definition) is 6. The second-order valence-electron chi connectivity index (χ2n) is 6.39. The Hall–Kier alpha value is -2.43. The predicted octanol–water partition coefficient (Wildman–Crippen LogP) is 2.73. The molecule has 1 aliphatic rings. The van der Waals surface area contributed by atoms with Crippen LogP contribution in [0, 0.1) is 0 Å². The Bertz CT molecular complexity index is 1030. The smallest absolute Gasteiger partial charge is 0.342 e. The van der Waals surface area contributed by atoms with Crippen LogP contribution >= 0.6 is 15.9 Å². The van der Waals surface area contributed by atoms with E-state index in [0.29, 0.717) is 23.2 Å². The molecular weight excluding hydrogens is 464 g/mol. The van der Waals surface area contributed by atoms with Crippen LogP contribution in [0.15, 0.2) is 51.8 Å². The molecule has 1 fully saturated rings. The Morgan fingerprint density at radius 1 is 1.14 bits per heavy atom. The van der Waals surface area contributed by atoms with Crippen molar-refractivity contribution in [2.24, 2.45) is 0 Å². The first-order valence-corrected chi connectivity index (χ1v) is 11.1. The van der Waals surface area contributed by atoms with Crippen LogP contribution in [-0.4, -0.2) is 49.4 Å². The predicted molar refractivity (Wildman–Crippen MR) is 109 cm³/mol. The molecule has 1 aliphatic heterocycles.